The van der Waals surface area contributed by atoms with Gasteiger partial charge in [-0.05, 0) is 30.8 Å². The molecule has 1 aromatic carbocycles. The Morgan fingerprint density at radius 2 is 2.22 bits per heavy atom. The summed E-state index contributed by atoms with van der Waals surface area (Å²) in [5.74, 6) is 1.47. The average Bonchev–Trinajstić information content (AvgIpc) is 2.39. The smallest absolute Gasteiger partial charge is 0.145 e. The van der Waals surface area contributed by atoms with Crippen LogP contribution < -0.4 is 10.1 Å². The molecule has 4 heteroatoms. The molecule has 1 aromatic heterocycles. The van der Waals surface area contributed by atoms with Crippen LogP contribution in [-0.2, 0) is 6.54 Å². The van der Waals surface area contributed by atoms with E-state index < -0.39 is 0 Å². The molecule has 0 saturated carbocycles. The minimum atomic E-state index is 0.661. The van der Waals surface area contributed by atoms with Gasteiger partial charge in [0.1, 0.15) is 11.5 Å². The van der Waals surface area contributed by atoms with E-state index in [-0.39, 0.29) is 0 Å². The zero-order valence-electron chi connectivity index (χ0n) is 10.2. The minimum absolute atomic E-state index is 0.661. The minimum Gasteiger partial charge on any atom is -0.455 e. The molecule has 0 aliphatic rings. The maximum Gasteiger partial charge on any atom is 0.145 e. The first-order chi connectivity index (χ1) is 8.79. The number of hydrogen-bond acceptors (Lipinski definition) is 3. The molecule has 0 bridgehead atoms. The first kappa shape index (κ1) is 12.9. The van der Waals surface area contributed by atoms with Crippen LogP contribution in [0.25, 0.3) is 0 Å². The third-order valence-electron chi connectivity index (χ3n) is 2.46. The molecule has 0 radical (unpaired) electrons. The number of halogens is 1. The number of rotatable bonds is 5. The Bertz CT molecular complexity index is 502. The number of pyridine rings is 1. The molecule has 1 heterocycles. The van der Waals surface area contributed by atoms with Crippen molar-refractivity contribution in [3.63, 3.8) is 0 Å². The fourth-order valence-corrected chi connectivity index (χ4v) is 1.73. The van der Waals surface area contributed by atoms with Crippen molar-refractivity contribution < 1.29 is 4.74 Å². The summed E-state index contributed by atoms with van der Waals surface area (Å²) in [6.07, 6.45) is 3.39. The van der Waals surface area contributed by atoms with Gasteiger partial charge in [-0.2, -0.15) is 0 Å². The maximum atomic E-state index is 6.00. The standard InChI is InChI=1S/C14H15ClN2O/c1-2-16-9-11-5-6-12(15)8-14(11)18-13-4-3-7-17-10-13/h3-8,10,16H,2,9H2,1H3. The van der Waals surface area contributed by atoms with Gasteiger partial charge in [0.05, 0.1) is 6.20 Å². The van der Waals surface area contributed by atoms with Gasteiger partial charge >= 0.3 is 0 Å². The molecule has 0 unspecified atom stereocenters. The Hall–Kier alpha value is -1.58. The van der Waals surface area contributed by atoms with Crippen molar-refractivity contribution in [2.45, 2.75) is 13.5 Å². The van der Waals surface area contributed by atoms with Crippen LogP contribution in [0.5, 0.6) is 11.5 Å². The van der Waals surface area contributed by atoms with E-state index in [1.165, 1.54) is 0 Å². The fourth-order valence-electron chi connectivity index (χ4n) is 1.56. The van der Waals surface area contributed by atoms with Crippen molar-refractivity contribution in [1.82, 2.24) is 10.3 Å². The van der Waals surface area contributed by atoms with Crippen LogP contribution in [-0.4, -0.2) is 11.5 Å². The molecule has 0 aliphatic heterocycles. The van der Waals surface area contributed by atoms with Crippen LogP contribution in [0.15, 0.2) is 42.7 Å². The molecule has 2 rings (SSSR count). The van der Waals surface area contributed by atoms with Crippen LogP contribution in [0.4, 0.5) is 0 Å². The van der Waals surface area contributed by atoms with Gasteiger partial charge in [-0.3, -0.25) is 4.98 Å². The highest BCUT2D eigenvalue weighted by molar-refractivity contribution is 6.30. The van der Waals surface area contributed by atoms with Crippen molar-refractivity contribution in [2.75, 3.05) is 6.54 Å². The SMILES string of the molecule is CCNCc1ccc(Cl)cc1Oc1cccnc1. The zero-order valence-corrected chi connectivity index (χ0v) is 10.9. The lowest BCUT2D eigenvalue weighted by Crippen LogP contribution is -2.12. The second kappa shape index (κ2) is 6.38. The van der Waals surface area contributed by atoms with Crippen LogP contribution >= 0.6 is 11.6 Å². The van der Waals surface area contributed by atoms with Crippen molar-refractivity contribution in [2.24, 2.45) is 0 Å². The molecule has 0 atom stereocenters. The van der Waals surface area contributed by atoms with E-state index in [0.29, 0.717) is 10.8 Å². The highest BCUT2D eigenvalue weighted by Crippen LogP contribution is 2.27. The van der Waals surface area contributed by atoms with E-state index in [2.05, 4.69) is 17.2 Å². The Labute approximate surface area is 112 Å². The second-order valence-electron chi connectivity index (χ2n) is 3.82. The summed E-state index contributed by atoms with van der Waals surface area (Å²) in [6, 6.07) is 9.36. The molecular weight excluding hydrogens is 248 g/mol. The highest BCUT2D eigenvalue weighted by Gasteiger charge is 2.05. The quantitative estimate of drug-likeness (QED) is 0.893. The second-order valence-corrected chi connectivity index (χ2v) is 4.26. The van der Waals surface area contributed by atoms with E-state index >= 15 is 0 Å². The Morgan fingerprint density at radius 3 is 2.94 bits per heavy atom. The number of aromatic nitrogens is 1. The van der Waals surface area contributed by atoms with Gasteiger partial charge in [0, 0.05) is 23.3 Å². The average molecular weight is 263 g/mol. The van der Waals surface area contributed by atoms with Crippen LogP contribution in [0.2, 0.25) is 5.02 Å². The summed E-state index contributed by atoms with van der Waals surface area (Å²) in [4.78, 5) is 4.02. The van der Waals surface area contributed by atoms with Gasteiger partial charge < -0.3 is 10.1 Å². The van der Waals surface area contributed by atoms with Crippen molar-refractivity contribution >= 4 is 11.6 Å². The number of benzene rings is 1. The molecule has 2 aromatic rings. The Kier molecular flexibility index (Phi) is 4.56. The number of nitrogens with zero attached hydrogens (tertiary/aromatic N) is 1. The zero-order chi connectivity index (χ0) is 12.8. The Balaban J connectivity index is 2.22. The lowest BCUT2D eigenvalue weighted by Gasteiger charge is -2.11. The highest BCUT2D eigenvalue weighted by atomic mass is 35.5. The summed E-state index contributed by atoms with van der Waals surface area (Å²) in [6.45, 7) is 3.73. The normalized spacial score (nSPS) is 10.3. The predicted molar refractivity (Wildman–Crippen MR) is 73.1 cm³/mol. The van der Waals surface area contributed by atoms with Crippen molar-refractivity contribution in [3.8, 4) is 11.5 Å². The first-order valence-corrected chi connectivity index (χ1v) is 6.24. The van der Waals surface area contributed by atoms with Crippen molar-refractivity contribution in [3.05, 3.63) is 53.3 Å². The molecule has 0 spiro atoms. The third kappa shape index (κ3) is 3.45. The van der Waals surface area contributed by atoms with Crippen LogP contribution in [0.3, 0.4) is 0 Å². The van der Waals surface area contributed by atoms with E-state index in [1.807, 2.05) is 30.3 Å². The van der Waals surface area contributed by atoms with E-state index in [1.54, 1.807) is 12.4 Å². The van der Waals surface area contributed by atoms with Gasteiger partial charge in [0.25, 0.3) is 0 Å². The molecule has 0 aliphatic carbocycles. The number of ether oxygens (including phenoxy) is 1. The van der Waals surface area contributed by atoms with Crippen LogP contribution in [0, 0.1) is 0 Å². The molecule has 94 valence electrons. The molecule has 3 nitrogen and oxygen atoms in total. The summed E-state index contributed by atoms with van der Waals surface area (Å²) in [5, 5.41) is 3.93. The summed E-state index contributed by atoms with van der Waals surface area (Å²) in [7, 11) is 0. The van der Waals surface area contributed by atoms with Gasteiger partial charge in [-0.1, -0.05) is 24.6 Å². The van der Waals surface area contributed by atoms with Gasteiger partial charge in [0.15, 0.2) is 0 Å². The molecule has 0 amide bonds. The summed E-state index contributed by atoms with van der Waals surface area (Å²) in [5.41, 5.74) is 1.07. The lowest BCUT2D eigenvalue weighted by atomic mass is 10.2. The van der Waals surface area contributed by atoms with E-state index in [0.717, 1.165) is 24.4 Å². The summed E-state index contributed by atoms with van der Waals surface area (Å²) < 4.78 is 5.80. The summed E-state index contributed by atoms with van der Waals surface area (Å²) >= 11 is 6.00. The monoisotopic (exact) mass is 262 g/mol. The van der Waals surface area contributed by atoms with E-state index in [9.17, 15) is 0 Å². The topological polar surface area (TPSA) is 34.1 Å². The Morgan fingerprint density at radius 1 is 1.33 bits per heavy atom. The van der Waals surface area contributed by atoms with Gasteiger partial charge in [-0.25, -0.2) is 0 Å². The molecule has 18 heavy (non-hydrogen) atoms. The maximum absolute atomic E-state index is 6.00. The van der Waals surface area contributed by atoms with Gasteiger partial charge in [0.2, 0.25) is 0 Å². The fraction of sp³-hybridized carbons (Fsp3) is 0.214. The first-order valence-electron chi connectivity index (χ1n) is 5.86. The van der Waals surface area contributed by atoms with Crippen molar-refractivity contribution in [1.29, 1.82) is 0 Å². The van der Waals surface area contributed by atoms with E-state index in [4.69, 9.17) is 16.3 Å². The molecule has 0 fully saturated rings. The number of hydrogen-bond donors (Lipinski definition) is 1. The molecule has 0 saturated heterocycles. The predicted octanol–water partition coefficient (Wildman–Crippen LogP) is 3.64. The molecule has 1 N–H and O–H groups in total. The van der Waals surface area contributed by atoms with Crippen LogP contribution in [0.1, 0.15) is 12.5 Å². The van der Waals surface area contributed by atoms with Gasteiger partial charge in [-0.15, -0.1) is 0 Å². The third-order valence-corrected chi connectivity index (χ3v) is 2.69. The molecular formula is C14H15ClN2O. The largest absolute Gasteiger partial charge is 0.455 e. The number of nitrogens with one attached hydrogen (secondary N) is 1. The lowest BCUT2D eigenvalue weighted by molar-refractivity contribution is 0.471.